The maximum absolute atomic E-state index is 11.4. The molecule has 0 bridgehead atoms. The van der Waals surface area contributed by atoms with Crippen LogP contribution >= 0.6 is 24.0 Å². The highest BCUT2D eigenvalue weighted by Gasteiger charge is 2.26. The Morgan fingerprint density at radius 3 is 2.08 bits per heavy atom. The highest BCUT2D eigenvalue weighted by molar-refractivity contribution is 14.0. The number of aliphatic imine (C=N–C) groups is 1. The molecule has 0 unspecified atom stereocenters. The van der Waals surface area contributed by atoms with Crippen molar-refractivity contribution in [3.8, 4) is 0 Å². The molecule has 0 rings (SSSR count). The van der Waals surface area contributed by atoms with Gasteiger partial charge in [-0.05, 0) is 45.4 Å². The number of hydrogen-bond donors (Lipinski definition) is 4. The minimum atomic E-state index is -3.27. The van der Waals surface area contributed by atoms with E-state index in [4.69, 9.17) is 0 Å². The third-order valence-electron chi connectivity index (χ3n) is 4.22. The largest absolute Gasteiger partial charge is 0.396 e. The van der Waals surface area contributed by atoms with E-state index >= 15 is 0 Å². The summed E-state index contributed by atoms with van der Waals surface area (Å²) in [5.41, 5.74) is -0.626. The lowest BCUT2D eigenvalue weighted by Gasteiger charge is -2.30. The zero-order chi connectivity index (χ0) is 18.9. The van der Waals surface area contributed by atoms with Crippen LogP contribution in [0.4, 0.5) is 0 Å². The molecule has 0 aromatic heterocycles. The Morgan fingerprint density at radius 1 is 1.12 bits per heavy atom. The van der Waals surface area contributed by atoms with Gasteiger partial charge in [0.05, 0.1) is 6.26 Å². The number of aliphatic hydroxyl groups excluding tert-OH is 1. The van der Waals surface area contributed by atoms with Crippen molar-refractivity contribution in [1.29, 1.82) is 0 Å². The summed E-state index contributed by atoms with van der Waals surface area (Å²) in [6.45, 7) is 11.8. The van der Waals surface area contributed by atoms with Crippen LogP contribution < -0.4 is 15.4 Å². The van der Waals surface area contributed by atoms with Gasteiger partial charge in [0.15, 0.2) is 5.96 Å². The van der Waals surface area contributed by atoms with Gasteiger partial charge in [0, 0.05) is 31.8 Å². The smallest absolute Gasteiger partial charge is 0.209 e. The van der Waals surface area contributed by atoms with Crippen molar-refractivity contribution in [3.63, 3.8) is 0 Å². The highest BCUT2D eigenvalue weighted by atomic mass is 127. The summed E-state index contributed by atoms with van der Waals surface area (Å²) in [7, 11) is -3.27. The first-order valence-corrected chi connectivity index (χ1v) is 10.5. The van der Waals surface area contributed by atoms with E-state index in [1.807, 2.05) is 20.8 Å². The molecule has 9 heteroatoms. The summed E-state index contributed by atoms with van der Waals surface area (Å²) in [4.78, 5) is 4.65. The maximum Gasteiger partial charge on any atom is 0.209 e. The van der Waals surface area contributed by atoms with Crippen molar-refractivity contribution in [2.45, 2.75) is 59.4 Å². The van der Waals surface area contributed by atoms with Crippen molar-refractivity contribution in [2.75, 3.05) is 32.5 Å². The molecule has 0 aliphatic rings. The molecule has 0 saturated heterocycles. The summed E-state index contributed by atoms with van der Waals surface area (Å²) in [5, 5.41) is 15.7. The van der Waals surface area contributed by atoms with Crippen LogP contribution in [0.3, 0.4) is 0 Å². The van der Waals surface area contributed by atoms with E-state index in [2.05, 4.69) is 34.2 Å². The van der Waals surface area contributed by atoms with E-state index in [0.29, 0.717) is 19.0 Å². The van der Waals surface area contributed by atoms with Gasteiger partial charge in [-0.15, -0.1) is 24.0 Å². The molecule has 0 fully saturated rings. The second-order valence-electron chi connectivity index (χ2n) is 6.99. The zero-order valence-corrected chi connectivity index (χ0v) is 19.6. The van der Waals surface area contributed by atoms with Crippen LogP contribution in [0, 0.1) is 5.41 Å². The number of hydrogen-bond acceptors (Lipinski definition) is 4. The topological polar surface area (TPSA) is 103 Å². The van der Waals surface area contributed by atoms with Gasteiger partial charge in [0.2, 0.25) is 10.0 Å². The van der Waals surface area contributed by atoms with Crippen molar-refractivity contribution in [3.05, 3.63) is 0 Å². The highest BCUT2D eigenvalue weighted by Crippen LogP contribution is 2.30. The average molecular weight is 492 g/mol. The standard InChI is InChI=1S/C16H36N4O3S.HI/c1-7-16(8-2,10-11-21)13-19-14(17-9-3)18-12-15(4,5)20-24(6,22)23;/h20-21H,7-13H2,1-6H3,(H2,17,18,19);1H. The Morgan fingerprint density at radius 2 is 1.68 bits per heavy atom. The van der Waals surface area contributed by atoms with Gasteiger partial charge in [0.25, 0.3) is 0 Å². The second kappa shape index (κ2) is 12.3. The van der Waals surface area contributed by atoms with Gasteiger partial charge in [-0.25, -0.2) is 13.1 Å². The molecule has 0 aromatic rings. The first kappa shape index (κ1) is 27.1. The Bertz CT molecular complexity index is 492. The lowest BCUT2D eigenvalue weighted by molar-refractivity contribution is 0.175. The summed E-state index contributed by atoms with van der Waals surface area (Å²) < 4.78 is 25.4. The SMILES string of the molecule is CCNC(=NCC(CC)(CC)CCO)NCC(C)(C)NS(C)(=O)=O.I. The number of aliphatic hydroxyl groups is 1. The molecule has 0 atom stereocenters. The van der Waals surface area contributed by atoms with E-state index in [9.17, 15) is 13.5 Å². The minimum absolute atomic E-state index is 0. The number of sulfonamides is 1. The summed E-state index contributed by atoms with van der Waals surface area (Å²) in [6, 6.07) is 0. The average Bonchev–Trinajstić information content (AvgIpc) is 2.46. The molecule has 0 spiro atoms. The van der Waals surface area contributed by atoms with Crippen LogP contribution in [-0.2, 0) is 10.0 Å². The molecule has 152 valence electrons. The number of nitrogens with one attached hydrogen (secondary N) is 3. The van der Waals surface area contributed by atoms with Gasteiger partial charge >= 0.3 is 0 Å². The second-order valence-corrected chi connectivity index (χ2v) is 8.74. The molecular formula is C16H37IN4O3S. The Balaban J connectivity index is 0. The molecular weight excluding hydrogens is 455 g/mol. The summed E-state index contributed by atoms with van der Waals surface area (Å²) in [5.74, 6) is 0.657. The van der Waals surface area contributed by atoms with Crippen LogP contribution in [0.5, 0.6) is 0 Å². The Kier molecular flexibility index (Phi) is 13.3. The first-order valence-electron chi connectivity index (χ1n) is 8.65. The quantitative estimate of drug-likeness (QED) is 0.200. The van der Waals surface area contributed by atoms with E-state index in [1.165, 1.54) is 0 Å². The van der Waals surface area contributed by atoms with Gasteiger partial charge in [0.1, 0.15) is 0 Å². The summed E-state index contributed by atoms with van der Waals surface area (Å²) >= 11 is 0. The lowest BCUT2D eigenvalue weighted by atomic mass is 9.79. The van der Waals surface area contributed by atoms with Crippen LogP contribution in [-0.4, -0.2) is 57.5 Å². The molecule has 0 amide bonds. The molecule has 0 saturated carbocycles. The lowest BCUT2D eigenvalue weighted by Crippen LogP contribution is -2.53. The third kappa shape index (κ3) is 12.0. The maximum atomic E-state index is 11.4. The predicted octanol–water partition coefficient (Wildman–Crippen LogP) is 1.68. The van der Waals surface area contributed by atoms with Crippen molar-refractivity contribution in [1.82, 2.24) is 15.4 Å². The fraction of sp³-hybridized carbons (Fsp3) is 0.938. The number of rotatable bonds is 11. The molecule has 4 N–H and O–H groups in total. The number of halogens is 1. The minimum Gasteiger partial charge on any atom is -0.396 e. The van der Waals surface area contributed by atoms with E-state index < -0.39 is 15.6 Å². The van der Waals surface area contributed by atoms with E-state index in [1.54, 1.807) is 0 Å². The third-order valence-corrected chi connectivity index (χ3v) is 5.14. The van der Waals surface area contributed by atoms with Gasteiger partial charge < -0.3 is 15.7 Å². The number of nitrogens with zero attached hydrogens (tertiary/aromatic N) is 1. The molecule has 0 radical (unpaired) electrons. The van der Waals surface area contributed by atoms with Crippen LogP contribution in [0.25, 0.3) is 0 Å². The molecule has 0 aromatic carbocycles. The predicted molar refractivity (Wildman–Crippen MR) is 116 cm³/mol. The Labute approximate surface area is 170 Å². The molecule has 0 heterocycles. The van der Waals surface area contributed by atoms with Crippen molar-refractivity contribution >= 4 is 40.0 Å². The normalized spacial score (nSPS) is 13.3. The van der Waals surface area contributed by atoms with Gasteiger partial charge in [-0.2, -0.15) is 0 Å². The molecule has 25 heavy (non-hydrogen) atoms. The molecule has 7 nitrogen and oxygen atoms in total. The van der Waals surface area contributed by atoms with Crippen LogP contribution in [0.2, 0.25) is 0 Å². The fourth-order valence-corrected chi connectivity index (χ4v) is 3.65. The number of guanidine groups is 1. The van der Waals surface area contributed by atoms with Crippen LogP contribution in [0.15, 0.2) is 4.99 Å². The van der Waals surface area contributed by atoms with E-state index in [0.717, 1.165) is 32.1 Å². The zero-order valence-electron chi connectivity index (χ0n) is 16.5. The monoisotopic (exact) mass is 492 g/mol. The van der Waals surface area contributed by atoms with Gasteiger partial charge in [-0.1, -0.05) is 13.8 Å². The summed E-state index contributed by atoms with van der Waals surface area (Å²) in [6.07, 6.45) is 3.78. The van der Waals surface area contributed by atoms with E-state index in [-0.39, 0.29) is 36.0 Å². The van der Waals surface area contributed by atoms with Gasteiger partial charge in [-0.3, -0.25) is 4.99 Å². The molecule has 0 aliphatic heterocycles. The first-order chi connectivity index (χ1) is 11.0. The van der Waals surface area contributed by atoms with Crippen LogP contribution in [0.1, 0.15) is 53.9 Å². The fourth-order valence-electron chi connectivity index (χ4n) is 2.57. The Hall–Kier alpha value is -0.130. The molecule has 0 aliphatic carbocycles. The van der Waals surface area contributed by atoms with Crippen molar-refractivity contribution in [2.24, 2.45) is 10.4 Å². The van der Waals surface area contributed by atoms with Crippen molar-refractivity contribution < 1.29 is 13.5 Å².